The van der Waals surface area contributed by atoms with E-state index >= 15 is 0 Å². The SMILES string of the molecule is CCOF.COCF. The highest BCUT2D eigenvalue weighted by atomic mass is 19.3. The van der Waals surface area contributed by atoms with Crippen molar-refractivity contribution in [2.75, 3.05) is 20.6 Å². The van der Waals surface area contributed by atoms with Crippen LogP contribution in [0.2, 0.25) is 0 Å². The Kier molecular flexibility index (Phi) is 21.2. The summed E-state index contributed by atoms with van der Waals surface area (Å²) in [4.78, 5) is 3.04. The molecule has 2 nitrogen and oxygen atoms in total. The first-order valence-corrected chi connectivity index (χ1v) is 2.11. The molecule has 0 saturated carbocycles. The minimum atomic E-state index is -0.681. The van der Waals surface area contributed by atoms with Crippen LogP contribution in [0.5, 0.6) is 0 Å². The fourth-order valence-electron chi connectivity index (χ4n) is 0. The molecule has 0 saturated heterocycles. The van der Waals surface area contributed by atoms with Gasteiger partial charge in [0, 0.05) is 7.11 Å². The van der Waals surface area contributed by atoms with E-state index in [0.717, 1.165) is 0 Å². The van der Waals surface area contributed by atoms with Gasteiger partial charge in [0.05, 0.1) is 6.61 Å². The Morgan fingerprint density at radius 1 is 1.50 bits per heavy atom. The van der Waals surface area contributed by atoms with Crippen molar-refractivity contribution in [3.63, 3.8) is 0 Å². The van der Waals surface area contributed by atoms with Crippen LogP contribution in [0.15, 0.2) is 0 Å². The van der Waals surface area contributed by atoms with Crippen molar-refractivity contribution >= 4 is 0 Å². The molecule has 0 fully saturated rings. The molecule has 0 aliphatic heterocycles. The van der Waals surface area contributed by atoms with Crippen LogP contribution in [-0.2, 0) is 9.68 Å². The monoisotopic (exact) mass is 128 g/mol. The predicted molar refractivity (Wildman–Crippen MR) is 25.7 cm³/mol. The van der Waals surface area contributed by atoms with Crippen molar-refractivity contribution in [2.45, 2.75) is 6.92 Å². The fraction of sp³-hybridized carbons (Fsp3) is 1.00. The van der Waals surface area contributed by atoms with Crippen LogP contribution in [0.1, 0.15) is 6.92 Å². The quantitative estimate of drug-likeness (QED) is 0.560. The van der Waals surface area contributed by atoms with E-state index in [1.807, 2.05) is 0 Å². The zero-order chi connectivity index (χ0) is 6.83. The molecular formula is C4H10F2O2. The van der Waals surface area contributed by atoms with Crippen molar-refractivity contribution in [1.29, 1.82) is 0 Å². The molecule has 0 aromatic rings. The first-order valence-electron chi connectivity index (χ1n) is 2.11. The Bertz CT molecular complexity index is 20.0. The van der Waals surface area contributed by atoms with Crippen LogP contribution in [0.25, 0.3) is 0 Å². The van der Waals surface area contributed by atoms with Gasteiger partial charge in [0.2, 0.25) is 0 Å². The maximum Gasteiger partial charge on any atom is 0.187 e. The van der Waals surface area contributed by atoms with Gasteiger partial charge in [-0.1, -0.05) is 0 Å². The van der Waals surface area contributed by atoms with E-state index in [1.165, 1.54) is 7.11 Å². The summed E-state index contributed by atoms with van der Waals surface area (Å²) in [5.41, 5.74) is 0. The first-order chi connectivity index (χ1) is 3.83. The van der Waals surface area contributed by atoms with Crippen LogP contribution in [-0.4, -0.2) is 20.6 Å². The van der Waals surface area contributed by atoms with Gasteiger partial charge in [-0.3, -0.25) is 0 Å². The molecular weight excluding hydrogens is 118 g/mol. The third-order valence-corrected chi connectivity index (χ3v) is 0.218. The highest BCUT2D eigenvalue weighted by molar-refractivity contribution is 3.89. The molecule has 0 heterocycles. The molecule has 8 heavy (non-hydrogen) atoms. The highest BCUT2D eigenvalue weighted by Crippen LogP contribution is 1.63. The average molecular weight is 128 g/mol. The Balaban J connectivity index is 0. The number of hydrogen-bond donors (Lipinski definition) is 0. The van der Waals surface area contributed by atoms with E-state index in [-0.39, 0.29) is 6.61 Å². The van der Waals surface area contributed by atoms with Crippen LogP contribution >= 0.6 is 0 Å². The lowest BCUT2D eigenvalue weighted by Gasteiger charge is -1.72. The van der Waals surface area contributed by atoms with Gasteiger partial charge in [0.1, 0.15) is 0 Å². The van der Waals surface area contributed by atoms with Crippen molar-refractivity contribution in [1.82, 2.24) is 0 Å². The summed E-state index contributed by atoms with van der Waals surface area (Å²) in [5, 5.41) is 0. The van der Waals surface area contributed by atoms with Gasteiger partial charge < -0.3 is 4.74 Å². The second-order valence-electron chi connectivity index (χ2n) is 0.796. The van der Waals surface area contributed by atoms with E-state index in [9.17, 15) is 8.92 Å². The standard InChI is InChI=1S/2C2H5FO/c1-4-2-3;1-2-4-3/h2*2H2,1H3. The van der Waals surface area contributed by atoms with Crippen LogP contribution < -0.4 is 0 Å². The van der Waals surface area contributed by atoms with Crippen LogP contribution in [0.4, 0.5) is 8.92 Å². The van der Waals surface area contributed by atoms with Gasteiger partial charge in [-0.05, 0) is 11.4 Å². The Labute approximate surface area is 47.3 Å². The second kappa shape index (κ2) is 15.9. The summed E-state index contributed by atoms with van der Waals surface area (Å²) in [6.45, 7) is 1.06. The molecule has 52 valence electrons. The lowest BCUT2D eigenvalue weighted by atomic mass is 10.9. The molecule has 0 aliphatic rings. The minimum Gasteiger partial charge on any atom is -0.354 e. The summed E-state index contributed by atoms with van der Waals surface area (Å²) >= 11 is 0. The minimum absolute atomic E-state index is 0.153. The van der Waals surface area contributed by atoms with E-state index in [2.05, 4.69) is 9.68 Å². The van der Waals surface area contributed by atoms with Gasteiger partial charge in [-0.15, -0.1) is 0 Å². The third-order valence-electron chi connectivity index (χ3n) is 0.218. The molecule has 0 radical (unpaired) electrons. The number of rotatable bonds is 2. The van der Waals surface area contributed by atoms with Gasteiger partial charge >= 0.3 is 0 Å². The molecule has 0 aliphatic carbocycles. The molecule has 0 spiro atoms. The van der Waals surface area contributed by atoms with Crippen LogP contribution in [0.3, 0.4) is 0 Å². The third kappa shape index (κ3) is 41.7. The van der Waals surface area contributed by atoms with E-state index in [1.54, 1.807) is 6.92 Å². The topological polar surface area (TPSA) is 18.5 Å². The van der Waals surface area contributed by atoms with E-state index < -0.39 is 6.86 Å². The molecule has 0 aromatic carbocycles. The molecule has 0 aromatic heterocycles. The van der Waals surface area contributed by atoms with Gasteiger partial charge in [0.25, 0.3) is 0 Å². The van der Waals surface area contributed by atoms with Crippen molar-refractivity contribution < 1.29 is 18.6 Å². The molecule has 0 amide bonds. The largest absolute Gasteiger partial charge is 0.354 e. The molecule has 0 unspecified atom stereocenters. The van der Waals surface area contributed by atoms with Gasteiger partial charge in [0.15, 0.2) is 6.86 Å². The number of hydrogen-bond acceptors (Lipinski definition) is 2. The molecule has 0 N–H and O–H groups in total. The molecule has 0 rings (SSSR count). The summed E-state index contributed by atoms with van der Waals surface area (Å²) in [6.07, 6.45) is 0. The molecule has 4 heteroatoms. The van der Waals surface area contributed by atoms with Crippen molar-refractivity contribution in [3.8, 4) is 0 Å². The Hall–Kier alpha value is -0.220. The predicted octanol–water partition coefficient (Wildman–Crippen LogP) is 1.47. The van der Waals surface area contributed by atoms with Gasteiger partial charge in [-0.2, -0.15) is 4.94 Å². The number of halogens is 2. The highest BCUT2D eigenvalue weighted by Gasteiger charge is 1.58. The summed E-state index contributed by atoms with van der Waals surface area (Å²) in [5.74, 6) is 0. The van der Waals surface area contributed by atoms with Crippen molar-refractivity contribution in [3.05, 3.63) is 0 Å². The van der Waals surface area contributed by atoms with E-state index in [4.69, 9.17) is 0 Å². The summed E-state index contributed by atoms with van der Waals surface area (Å²) in [6, 6.07) is 0. The zero-order valence-electron chi connectivity index (χ0n) is 4.99. The normalized spacial score (nSPS) is 7.50. The lowest BCUT2D eigenvalue weighted by molar-refractivity contribution is -0.125. The number of methoxy groups -OCH3 is 1. The number of ether oxygens (including phenoxy) is 1. The maximum atomic E-state index is 10.5. The summed E-state index contributed by atoms with van der Waals surface area (Å²) < 4.78 is 24.6. The second-order valence-corrected chi connectivity index (χ2v) is 0.796. The molecule has 0 atom stereocenters. The zero-order valence-corrected chi connectivity index (χ0v) is 4.99. The average Bonchev–Trinajstić information content (AvgIpc) is 1.88. The fourth-order valence-corrected chi connectivity index (χ4v) is 0. The Morgan fingerprint density at radius 3 is 1.75 bits per heavy atom. The Morgan fingerprint density at radius 2 is 1.75 bits per heavy atom. The first kappa shape index (κ1) is 10.7. The van der Waals surface area contributed by atoms with Crippen molar-refractivity contribution in [2.24, 2.45) is 0 Å². The smallest absolute Gasteiger partial charge is 0.187 e. The van der Waals surface area contributed by atoms with E-state index in [0.29, 0.717) is 0 Å². The maximum absolute atomic E-state index is 10.5. The van der Waals surface area contributed by atoms with Gasteiger partial charge in [-0.25, -0.2) is 4.39 Å². The molecule has 0 bridgehead atoms. The summed E-state index contributed by atoms with van der Waals surface area (Å²) in [7, 11) is 1.31. The number of alkyl halides is 1. The lowest BCUT2D eigenvalue weighted by Crippen LogP contribution is -1.70. The van der Waals surface area contributed by atoms with Crippen LogP contribution in [0, 0.1) is 0 Å².